The standard InChI is InChI=1S/C19H12ClF3N2O2/c20-14-3-1-2-11-4-6-15(24-18(11)14)17-9-12-8-13(27-19(21,22)23)5-7-16(12)25(17)10-26/h1-9,26H,10H2. The number of aromatic nitrogens is 2. The molecule has 0 unspecified atom stereocenters. The SMILES string of the molecule is OCn1c(-c2ccc3cccc(Cl)c3n2)cc2cc(OC(F)(F)F)ccc21. The number of ether oxygens (including phenoxy) is 1. The van der Waals surface area contributed by atoms with Crippen molar-refractivity contribution in [3.63, 3.8) is 0 Å². The minimum atomic E-state index is -4.77. The summed E-state index contributed by atoms with van der Waals surface area (Å²) in [5.41, 5.74) is 2.26. The molecule has 0 radical (unpaired) electrons. The van der Waals surface area contributed by atoms with Gasteiger partial charge in [-0.05, 0) is 36.4 Å². The summed E-state index contributed by atoms with van der Waals surface area (Å²) >= 11 is 6.21. The highest BCUT2D eigenvalue weighted by molar-refractivity contribution is 6.35. The van der Waals surface area contributed by atoms with Gasteiger partial charge in [0.15, 0.2) is 0 Å². The molecule has 2 heterocycles. The van der Waals surface area contributed by atoms with Gasteiger partial charge in [0.25, 0.3) is 0 Å². The van der Waals surface area contributed by atoms with E-state index in [1.807, 2.05) is 18.2 Å². The summed E-state index contributed by atoms with van der Waals surface area (Å²) in [5, 5.41) is 11.6. The van der Waals surface area contributed by atoms with E-state index < -0.39 is 6.36 Å². The van der Waals surface area contributed by atoms with E-state index in [4.69, 9.17) is 11.6 Å². The Hall–Kier alpha value is -2.77. The lowest BCUT2D eigenvalue weighted by Gasteiger charge is -2.10. The van der Waals surface area contributed by atoms with Crippen molar-refractivity contribution in [3.05, 3.63) is 59.6 Å². The van der Waals surface area contributed by atoms with Crippen LogP contribution in [0, 0.1) is 0 Å². The van der Waals surface area contributed by atoms with E-state index in [9.17, 15) is 18.3 Å². The quantitative estimate of drug-likeness (QED) is 0.510. The van der Waals surface area contributed by atoms with E-state index in [2.05, 4.69) is 9.72 Å². The number of alkyl halides is 3. The van der Waals surface area contributed by atoms with Crippen LogP contribution in [-0.2, 0) is 6.73 Å². The lowest BCUT2D eigenvalue weighted by Crippen LogP contribution is -2.16. The van der Waals surface area contributed by atoms with Crippen molar-refractivity contribution in [3.8, 4) is 17.1 Å². The van der Waals surface area contributed by atoms with Crippen molar-refractivity contribution in [2.45, 2.75) is 13.1 Å². The molecule has 0 spiro atoms. The summed E-state index contributed by atoms with van der Waals surface area (Å²) in [6.45, 7) is -0.361. The van der Waals surface area contributed by atoms with Gasteiger partial charge < -0.3 is 14.4 Å². The minimum Gasteiger partial charge on any atom is -0.406 e. The van der Waals surface area contributed by atoms with Crippen LogP contribution in [0.15, 0.2) is 54.6 Å². The summed E-state index contributed by atoms with van der Waals surface area (Å²) in [4.78, 5) is 4.56. The maximum absolute atomic E-state index is 12.5. The molecule has 0 saturated carbocycles. The van der Waals surface area contributed by atoms with Gasteiger partial charge in [-0.3, -0.25) is 0 Å². The summed E-state index contributed by atoms with van der Waals surface area (Å²) < 4.78 is 42.9. The molecule has 0 bridgehead atoms. The first-order valence-electron chi connectivity index (χ1n) is 7.91. The van der Waals surface area contributed by atoms with Crippen molar-refractivity contribution in [2.75, 3.05) is 0 Å². The highest BCUT2D eigenvalue weighted by atomic mass is 35.5. The van der Waals surface area contributed by atoms with E-state index in [1.165, 1.54) is 18.2 Å². The summed E-state index contributed by atoms with van der Waals surface area (Å²) in [6, 6.07) is 14.6. The van der Waals surface area contributed by atoms with Crippen LogP contribution < -0.4 is 4.74 Å². The van der Waals surface area contributed by atoms with E-state index >= 15 is 0 Å². The second-order valence-corrected chi connectivity index (χ2v) is 6.28. The van der Waals surface area contributed by atoms with Crippen molar-refractivity contribution < 1.29 is 23.0 Å². The molecule has 0 aliphatic rings. The number of benzene rings is 2. The number of pyridine rings is 1. The van der Waals surface area contributed by atoms with Gasteiger partial charge in [-0.2, -0.15) is 0 Å². The smallest absolute Gasteiger partial charge is 0.406 e. The third-order valence-corrected chi connectivity index (χ3v) is 4.49. The first-order valence-corrected chi connectivity index (χ1v) is 8.29. The molecule has 4 aromatic rings. The fourth-order valence-corrected chi connectivity index (χ4v) is 3.29. The Kier molecular flexibility index (Phi) is 4.20. The Morgan fingerprint density at radius 2 is 1.85 bits per heavy atom. The molecule has 0 saturated heterocycles. The number of halogens is 4. The zero-order chi connectivity index (χ0) is 19.2. The number of aliphatic hydroxyl groups excluding tert-OH is 1. The maximum Gasteiger partial charge on any atom is 0.573 e. The van der Waals surface area contributed by atoms with Gasteiger partial charge in [-0.25, -0.2) is 4.98 Å². The first-order chi connectivity index (χ1) is 12.9. The predicted octanol–water partition coefficient (Wildman–Crippen LogP) is 5.36. The van der Waals surface area contributed by atoms with Gasteiger partial charge in [0.2, 0.25) is 0 Å². The molecule has 4 rings (SSSR count). The molecule has 0 fully saturated rings. The Balaban J connectivity index is 1.87. The highest BCUT2D eigenvalue weighted by Crippen LogP contribution is 2.33. The normalized spacial score (nSPS) is 12.0. The number of nitrogens with zero attached hydrogens (tertiary/aromatic N) is 2. The van der Waals surface area contributed by atoms with Gasteiger partial charge in [-0.1, -0.05) is 29.8 Å². The number of aliphatic hydroxyl groups is 1. The topological polar surface area (TPSA) is 47.3 Å². The number of hydrogen-bond acceptors (Lipinski definition) is 3. The average molecular weight is 393 g/mol. The second kappa shape index (κ2) is 6.44. The molecule has 0 aliphatic carbocycles. The number of fused-ring (bicyclic) bond motifs is 2. The third kappa shape index (κ3) is 3.31. The minimum absolute atomic E-state index is 0.328. The monoisotopic (exact) mass is 392 g/mol. The number of hydrogen-bond donors (Lipinski definition) is 1. The molecular weight excluding hydrogens is 381 g/mol. The lowest BCUT2D eigenvalue weighted by molar-refractivity contribution is -0.274. The molecule has 0 atom stereocenters. The van der Waals surface area contributed by atoms with Crippen LogP contribution in [0.2, 0.25) is 5.02 Å². The fraction of sp³-hybridized carbons (Fsp3) is 0.105. The molecule has 2 aromatic carbocycles. The Bertz CT molecular complexity index is 1160. The van der Waals surface area contributed by atoms with Gasteiger partial charge in [0.1, 0.15) is 12.5 Å². The molecule has 8 heteroatoms. The number of para-hydroxylation sites is 1. The van der Waals surface area contributed by atoms with Crippen LogP contribution >= 0.6 is 11.6 Å². The van der Waals surface area contributed by atoms with Crippen LogP contribution in [0.25, 0.3) is 33.2 Å². The van der Waals surface area contributed by atoms with Gasteiger partial charge in [0, 0.05) is 10.8 Å². The Morgan fingerprint density at radius 1 is 1.04 bits per heavy atom. The molecule has 0 amide bonds. The van der Waals surface area contributed by atoms with Gasteiger partial charge >= 0.3 is 6.36 Å². The maximum atomic E-state index is 12.5. The molecule has 2 aromatic heterocycles. The molecule has 0 aliphatic heterocycles. The van der Waals surface area contributed by atoms with Crippen molar-refractivity contribution >= 4 is 33.4 Å². The summed E-state index contributed by atoms with van der Waals surface area (Å²) in [6.07, 6.45) is -4.77. The van der Waals surface area contributed by atoms with Crippen molar-refractivity contribution in [1.29, 1.82) is 0 Å². The van der Waals surface area contributed by atoms with E-state index in [1.54, 1.807) is 22.8 Å². The summed E-state index contributed by atoms with van der Waals surface area (Å²) in [7, 11) is 0. The number of rotatable bonds is 3. The van der Waals surface area contributed by atoms with Crippen LogP contribution in [0.4, 0.5) is 13.2 Å². The van der Waals surface area contributed by atoms with Crippen molar-refractivity contribution in [2.24, 2.45) is 0 Å². The van der Waals surface area contributed by atoms with Crippen molar-refractivity contribution in [1.82, 2.24) is 9.55 Å². The predicted molar refractivity (Wildman–Crippen MR) is 96.6 cm³/mol. The van der Waals surface area contributed by atoms with Crippen LogP contribution in [0.5, 0.6) is 5.75 Å². The fourth-order valence-electron chi connectivity index (χ4n) is 3.06. The third-order valence-electron chi connectivity index (χ3n) is 4.18. The van der Waals surface area contributed by atoms with Crippen LogP contribution in [0.3, 0.4) is 0 Å². The van der Waals surface area contributed by atoms with Gasteiger partial charge in [-0.15, -0.1) is 13.2 Å². The Labute approximate surface area is 156 Å². The first kappa shape index (κ1) is 17.6. The zero-order valence-corrected chi connectivity index (χ0v) is 14.4. The van der Waals surface area contributed by atoms with E-state index in [0.717, 1.165) is 5.39 Å². The molecule has 4 nitrogen and oxygen atoms in total. The van der Waals surface area contributed by atoms with Crippen LogP contribution in [0.1, 0.15) is 0 Å². The second-order valence-electron chi connectivity index (χ2n) is 5.88. The van der Waals surface area contributed by atoms with Crippen LogP contribution in [-0.4, -0.2) is 21.0 Å². The highest BCUT2D eigenvalue weighted by Gasteiger charge is 2.31. The molecule has 1 N–H and O–H groups in total. The lowest BCUT2D eigenvalue weighted by atomic mass is 10.1. The average Bonchev–Trinajstić information content (AvgIpc) is 2.98. The largest absolute Gasteiger partial charge is 0.573 e. The van der Waals surface area contributed by atoms with E-state index in [-0.39, 0.29) is 12.5 Å². The molecule has 27 heavy (non-hydrogen) atoms. The molecular formula is C19H12ClF3N2O2. The molecule has 138 valence electrons. The summed E-state index contributed by atoms with van der Waals surface area (Å²) in [5.74, 6) is -0.328. The zero-order valence-electron chi connectivity index (χ0n) is 13.7. The van der Waals surface area contributed by atoms with E-state index in [0.29, 0.717) is 32.8 Å². The Morgan fingerprint density at radius 3 is 2.59 bits per heavy atom. The van der Waals surface area contributed by atoms with Gasteiger partial charge in [0.05, 0.1) is 27.4 Å².